The lowest BCUT2D eigenvalue weighted by Crippen LogP contribution is -2.31. The number of aromatic nitrogens is 1. The van der Waals surface area contributed by atoms with E-state index in [4.69, 9.17) is 0 Å². The second kappa shape index (κ2) is 9.41. The molecule has 0 spiro atoms. The van der Waals surface area contributed by atoms with Crippen molar-refractivity contribution in [2.24, 2.45) is 23.7 Å². The van der Waals surface area contributed by atoms with Crippen LogP contribution in [0.15, 0.2) is 35.3 Å². The quantitative estimate of drug-likeness (QED) is 0.479. The molecule has 2 aromatic rings. The Morgan fingerprint density at radius 3 is 2.50 bits per heavy atom. The van der Waals surface area contributed by atoms with E-state index in [-0.39, 0.29) is 35.6 Å². The number of hydrogen-bond acceptors (Lipinski definition) is 4. The van der Waals surface area contributed by atoms with Gasteiger partial charge >= 0.3 is 0 Å². The minimum atomic E-state index is -2.94. The van der Waals surface area contributed by atoms with E-state index in [1.807, 2.05) is 0 Å². The number of nitrogens with one attached hydrogen (secondary N) is 3. The van der Waals surface area contributed by atoms with Crippen LogP contribution in [0.4, 0.5) is 18.9 Å². The topological polar surface area (TPSA) is 75.2 Å². The number of pyridine rings is 1. The van der Waals surface area contributed by atoms with Crippen molar-refractivity contribution in [3.05, 3.63) is 63.3 Å². The van der Waals surface area contributed by atoms with Gasteiger partial charge in [0.25, 0.3) is 17.9 Å². The van der Waals surface area contributed by atoms with E-state index in [2.05, 4.69) is 16.0 Å². The van der Waals surface area contributed by atoms with Crippen LogP contribution in [-0.4, -0.2) is 29.6 Å². The van der Waals surface area contributed by atoms with E-state index in [1.54, 1.807) is 17.7 Å². The molecule has 1 aromatic carbocycles. The van der Waals surface area contributed by atoms with Gasteiger partial charge in [-0.15, -0.1) is 12.4 Å². The number of amides is 1. The first kappa shape index (κ1) is 25.1. The molecule has 1 aliphatic heterocycles. The van der Waals surface area contributed by atoms with Gasteiger partial charge in [-0.3, -0.25) is 9.59 Å². The van der Waals surface area contributed by atoms with Crippen LogP contribution in [0, 0.1) is 29.5 Å². The van der Waals surface area contributed by atoms with Crippen molar-refractivity contribution in [3.8, 4) is 0 Å². The Labute approximate surface area is 213 Å². The molecule has 2 heterocycles. The standard InChI is InChI=1S/C26H29F3N4O2.ClH/c1-12(14-3-2-4-15(23(14)27)25(28)29)31-26(35)19-11-33(21-7-16(21)13-5-6-13)22(34)8-20(19)32-24-17-9-30-10-18(17)24;/h2-4,8,11-13,16-18,21,24-25,30,32H,5-7,9-10H2,1H3,(H,31,35);1H/t12-,16+,17-,18+,21-,24-;/m1./s1. The molecule has 1 amide bonds. The number of fused-ring (bicyclic) bond motifs is 1. The summed E-state index contributed by atoms with van der Waals surface area (Å²) in [4.78, 5) is 26.4. The molecule has 6 atom stereocenters. The maximum atomic E-state index is 14.7. The summed E-state index contributed by atoms with van der Waals surface area (Å²) in [7, 11) is 0. The Kier molecular flexibility index (Phi) is 6.57. The predicted octanol–water partition coefficient (Wildman–Crippen LogP) is 4.44. The van der Waals surface area contributed by atoms with Crippen molar-refractivity contribution in [1.29, 1.82) is 0 Å². The maximum absolute atomic E-state index is 14.7. The Balaban J connectivity index is 0.00000267. The predicted molar refractivity (Wildman–Crippen MR) is 132 cm³/mol. The SMILES string of the molecule is C[C@@H](NC(=O)c1cn([C@@H]2C[C@H]2C2CC2)c(=O)cc1N[C@@H]1[C@@H]2CNC[C@@H]21)c1cccc(C(F)F)c1F.Cl. The summed E-state index contributed by atoms with van der Waals surface area (Å²) < 4.78 is 42.7. The molecule has 4 aliphatic rings. The molecule has 36 heavy (non-hydrogen) atoms. The van der Waals surface area contributed by atoms with Crippen molar-refractivity contribution < 1.29 is 18.0 Å². The summed E-state index contributed by atoms with van der Waals surface area (Å²) in [5, 5.41) is 9.49. The van der Waals surface area contributed by atoms with Gasteiger partial charge < -0.3 is 20.5 Å². The van der Waals surface area contributed by atoms with Crippen LogP contribution < -0.4 is 21.5 Å². The van der Waals surface area contributed by atoms with E-state index in [0.717, 1.165) is 25.6 Å². The molecule has 0 unspecified atom stereocenters. The van der Waals surface area contributed by atoms with Crippen LogP contribution in [0.2, 0.25) is 0 Å². The van der Waals surface area contributed by atoms with Crippen LogP contribution in [0.25, 0.3) is 0 Å². The monoisotopic (exact) mass is 522 g/mol. The smallest absolute Gasteiger partial charge is 0.266 e. The molecule has 194 valence electrons. The number of nitrogens with zero attached hydrogens (tertiary/aromatic N) is 1. The largest absolute Gasteiger partial charge is 0.381 e. The van der Waals surface area contributed by atoms with Gasteiger partial charge in [0, 0.05) is 43.0 Å². The van der Waals surface area contributed by atoms with E-state index in [0.29, 0.717) is 34.9 Å². The molecule has 3 aliphatic carbocycles. The lowest BCUT2D eigenvalue weighted by atomic mass is 10.0. The van der Waals surface area contributed by atoms with Gasteiger partial charge in [-0.1, -0.05) is 18.2 Å². The molecule has 1 aromatic heterocycles. The first-order valence-electron chi connectivity index (χ1n) is 12.4. The van der Waals surface area contributed by atoms with Crippen molar-refractivity contribution >= 4 is 24.0 Å². The Bertz CT molecular complexity index is 1220. The lowest BCUT2D eigenvalue weighted by molar-refractivity contribution is 0.0939. The summed E-state index contributed by atoms with van der Waals surface area (Å²) in [6.45, 7) is 3.38. The van der Waals surface area contributed by atoms with Crippen LogP contribution in [0.5, 0.6) is 0 Å². The average Bonchev–Trinajstić information content (AvgIpc) is 3.74. The highest BCUT2D eigenvalue weighted by atomic mass is 35.5. The van der Waals surface area contributed by atoms with Gasteiger partial charge in [0.1, 0.15) is 5.82 Å². The third-order valence-electron chi connectivity index (χ3n) is 8.24. The van der Waals surface area contributed by atoms with Crippen molar-refractivity contribution in [1.82, 2.24) is 15.2 Å². The molecule has 4 fully saturated rings. The number of piperidine rings is 1. The first-order valence-corrected chi connectivity index (χ1v) is 12.4. The van der Waals surface area contributed by atoms with Gasteiger partial charge in [0.15, 0.2) is 0 Å². The number of anilines is 1. The number of benzene rings is 1. The van der Waals surface area contributed by atoms with Crippen molar-refractivity contribution in [2.75, 3.05) is 18.4 Å². The molecule has 1 saturated heterocycles. The Morgan fingerprint density at radius 2 is 1.83 bits per heavy atom. The molecule has 3 saturated carbocycles. The van der Waals surface area contributed by atoms with Gasteiger partial charge in [-0.25, -0.2) is 13.2 Å². The van der Waals surface area contributed by atoms with Gasteiger partial charge in [-0.05, 0) is 49.9 Å². The number of halogens is 4. The Hall–Kier alpha value is -2.52. The van der Waals surface area contributed by atoms with Crippen molar-refractivity contribution in [2.45, 2.75) is 50.7 Å². The average molecular weight is 523 g/mol. The van der Waals surface area contributed by atoms with E-state index in [9.17, 15) is 22.8 Å². The summed E-state index contributed by atoms with van der Waals surface area (Å²) in [6, 6.07) is 4.79. The third kappa shape index (κ3) is 4.52. The fourth-order valence-corrected chi connectivity index (χ4v) is 5.89. The van der Waals surface area contributed by atoms with Gasteiger partial charge in [0.2, 0.25) is 0 Å². The summed E-state index contributed by atoms with van der Waals surface area (Å²) >= 11 is 0. The minimum Gasteiger partial charge on any atom is -0.381 e. The number of carbonyl (C=O) groups is 1. The third-order valence-corrected chi connectivity index (χ3v) is 8.24. The zero-order chi connectivity index (χ0) is 24.4. The zero-order valence-electron chi connectivity index (χ0n) is 19.8. The molecular formula is C26H30ClF3N4O2. The zero-order valence-corrected chi connectivity index (χ0v) is 20.7. The van der Waals surface area contributed by atoms with Crippen LogP contribution in [0.3, 0.4) is 0 Å². The van der Waals surface area contributed by atoms with E-state index in [1.165, 1.54) is 31.0 Å². The summed E-state index contributed by atoms with van der Waals surface area (Å²) in [6.07, 6.45) is 2.02. The second-order valence-corrected chi connectivity index (χ2v) is 10.6. The lowest BCUT2D eigenvalue weighted by Gasteiger charge is -2.20. The summed E-state index contributed by atoms with van der Waals surface area (Å²) in [5.41, 5.74) is -0.0297. The molecule has 10 heteroatoms. The highest BCUT2D eigenvalue weighted by molar-refractivity contribution is 5.99. The number of carbonyl (C=O) groups excluding carboxylic acids is 1. The number of alkyl halides is 2. The highest BCUT2D eigenvalue weighted by Gasteiger charge is 2.53. The fraction of sp³-hybridized carbons (Fsp3) is 0.538. The molecule has 0 radical (unpaired) electrons. The van der Waals surface area contributed by atoms with Crippen LogP contribution in [0.1, 0.15) is 66.2 Å². The molecular weight excluding hydrogens is 493 g/mol. The minimum absolute atomic E-state index is 0. The molecule has 0 bridgehead atoms. The van der Waals surface area contributed by atoms with E-state index >= 15 is 0 Å². The van der Waals surface area contributed by atoms with Gasteiger partial charge in [-0.2, -0.15) is 0 Å². The highest BCUT2D eigenvalue weighted by Crippen LogP contribution is 2.56. The van der Waals surface area contributed by atoms with Crippen LogP contribution in [-0.2, 0) is 0 Å². The van der Waals surface area contributed by atoms with Crippen molar-refractivity contribution in [3.63, 3.8) is 0 Å². The fourth-order valence-electron chi connectivity index (χ4n) is 5.89. The normalized spacial score (nSPS) is 28.8. The van der Waals surface area contributed by atoms with E-state index < -0.39 is 29.8 Å². The maximum Gasteiger partial charge on any atom is 0.266 e. The number of hydrogen-bond donors (Lipinski definition) is 3. The van der Waals surface area contributed by atoms with Gasteiger partial charge in [0.05, 0.1) is 22.9 Å². The summed E-state index contributed by atoms with van der Waals surface area (Å²) in [5.74, 6) is 0.624. The molecule has 6 rings (SSSR count). The Morgan fingerprint density at radius 1 is 1.14 bits per heavy atom. The molecule has 3 N–H and O–H groups in total. The number of rotatable bonds is 8. The first-order chi connectivity index (χ1) is 16.8. The van der Waals surface area contributed by atoms with Crippen LogP contribution >= 0.6 is 12.4 Å². The second-order valence-electron chi connectivity index (χ2n) is 10.6. The molecule has 6 nitrogen and oxygen atoms in total.